The first kappa shape index (κ1) is 16.2. The molecule has 0 aliphatic rings. The molecule has 0 saturated heterocycles. The summed E-state index contributed by atoms with van der Waals surface area (Å²) < 4.78 is 41.1. The second-order valence-corrected chi connectivity index (χ2v) is 4.47. The Morgan fingerprint density at radius 1 is 1.40 bits per heavy atom. The van der Waals surface area contributed by atoms with Crippen LogP contribution in [-0.2, 0) is 4.79 Å². The van der Waals surface area contributed by atoms with Crippen molar-refractivity contribution in [2.75, 3.05) is 11.9 Å². The Bertz CT molecular complexity index is 492. The van der Waals surface area contributed by atoms with Crippen LogP contribution < -0.4 is 15.8 Å². The summed E-state index contributed by atoms with van der Waals surface area (Å²) in [5, 5.41) is 2.36. The summed E-state index contributed by atoms with van der Waals surface area (Å²) in [7, 11) is 0. The lowest BCUT2D eigenvalue weighted by molar-refractivity contribution is -0.142. The molecule has 0 aromatic heterocycles. The van der Waals surface area contributed by atoms with Crippen LogP contribution in [-0.4, -0.2) is 23.7 Å². The maximum Gasteiger partial charge on any atom is 0.389 e. The van der Waals surface area contributed by atoms with Gasteiger partial charge in [-0.1, -0.05) is 18.3 Å². The van der Waals surface area contributed by atoms with E-state index in [1.54, 1.807) is 18.2 Å². The average molecular weight is 306 g/mol. The molecule has 1 aromatic carbocycles. The molecule has 20 heavy (non-hydrogen) atoms. The highest BCUT2D eigenvalue weighted by Gasteiger charge is 2.27. The van der Waals surface area contributed by atoms with Crippen molar-refractivity contribution in [3.8, 4) is 5.75 Å². The fraction of sp³-hybridized carbons (Fsp3) is 0.333. The molecule has 0 bridgehead atoms. The fourth-order valence-corrected chi connectivity index (χ4v) is 1.36. The van der Waals surface area contributed by atoms with Crippen molar-refractivity contribution in [2.24, 2.45) is 5.73 Å². The zero-order valence-corrected chi connectivity index (χ0v) is 11.2. The van der Waals surface area contributed by atoms with E-state index < -0.39 is 24.9 Å². The molecule has 1 rings (SSSR count). The van der Waals surface area contributed by atoms with Crippen molar-refractivity contribution in [3.05, 3.63) is 24.3 Å². The van der Waals surface area contributed by atoms with Crippen LogP contribution in [0.4, 0.5) is 18.9 Å². The monoisotopic (exact) mass is 306 g/mol. The molecule has 0 heterocycles. The summed E-state index contributed by atoms with van der Waals surface area (Å²) in [5.41, 5.74) is 5.61. The number of hydrogen-bond donors (Lipinski definition) is 2. The van der Waals surface area contributed by atoms with Gasteiger partial charge in [-0.05, 0) is 12.1 Å². The van der Waals surface area contributed by atoms with Crippen molar-refractivity contribution in [2.45, 2.75) is 19.0 Å². The van der Waals surface area contributed by atoms with E-state index in [1.165, 1.54) is 6.07 Å². The van der Waals surface area contributed by atoms with Crippen LogP contribution in [0.1, 0.15) is 12.8 Å². The number of rotatable bonds is 6. The number of ether oxygens (including phenoxy) is 1. The molecule has 0 fully saturated rings. The van der Waals surface area contributed by atoms with E-state index in [-0.39, 0.29) is 11.6 Å². The summed E-state index contributed by atoms with van der Waals surface area (Å²) in [6.07, 6.45) is -6.13. The fourth-order valence-electron chi connectivity index (χ4n) is 1.30. The largest absolute Gasteiger partial charge is 0.486 e. The van der Waals surface area contributed by atoms with Crippen LogP contribution in [0.3, 0.4) is 0 Å². The molecular weight excluding hydrogens is 293 g/mol. The molecule has 0 unspecified atom stereocenters. The molecule has 4 nitrogen and oxygen atoms in total. The number of carbonyl (C=O) groups excluding carboxylic acids is 1. The van der Waals surface area contributed by atoms with E-state index in [9.17, 15) is 18.0 Å². The average Bonchev–Trinajstić information content (AvgIpc) is 2.34. The van der Waals surface area contributed by atoms with Crippen LogP contribution in [0.2, 0.25) is 0 Å². The SMILES string of the molecule is NC(=S)COc1cccc(NC(=O)CCC(F)(F)F)c1. The van der Waals surface area contributed by atoms with Gasteiger partial charge in [-0.15, -0.1) is 0 Å². The van der Waals surface area contributed by atoms with E-state index in [4.69, 9.17) is 10.5 Å². The molecule has 8 heteroatoms. The first-order chi connectivity index (χ1) is 9.26. The van der Waals surface area contributed by atoms with Crippen molar-refractivity contribution in [3.63, 3.8) is 0 Å². The second-order valence-electron chi connectivity index (χ2n) is 3.95. The molecule has 0 aliphatic heterocycles. The van der Waals surface area contributed by atoms with Gasteiger partial charge in [0.25, 0.3) is 0 Å². The Balaban J connectivity index is 2.53. The van der Waals surface area contributed by atoms with Gasteiger partial charge >= 0.3 is 6.18 Å². The first-order valence-electron chi connectivity index (χ1n) is 5.64. The summed E-state index contributed by atoms with van der Waals surface area (Å²) in [5.74, 6) is -0.305. The standard InChI is InChI=1S/C12H13F3N2O2S/c13-12(14,15)5-4-11(18)17-8-2-1-3-9(6-8)19-7-10(16)20/h1-3,6H,4-5,7H2,(H2,16,20)(H,17,18). The minimum absolute atomic E-state index is 0.0425. The number of thiocarbonyl (C=S) groups is 1. The predicted octanol–water partition coefficient (Wildman–Crippen LogP) is 2.63. The third kappa shape index (κ3) is 6.93. The number of benzene rings is 1. The number of anilines is 1. The Hall–Kier alpha value is -1.83. The van der Waals surface area contributed by atoms with E-state index in [0.29, 0.717) is 11.4 Å². The highest BCUT2D eigenvalue weighted by molar-refractivity contribution is 7.80. The summed E-state index contributed by atoms with van der Waals surface area (Å²) in [4.78, 5) is 11.5. The van der Waals surface area contributed by atoms with Crippen LogP contribution >= 0.6 is 12.2 Å². The van der Waals surface area contributed by atoms with Gasteiger partial charge in [0, 0.05) is 18.2 Å². The van der Waals surface area contributed by atoms with Gasteiger partial charge in [-0.3, -0.25) is 4.79 Å². The van der Waals surface area contributed by atoms with E-state index in [0.717, 1.165) is 0 Å². The number of alkyl halides is 3. The molecular formula is C12H13F3N2O2S. The molecule has 110 valence electrons. The third-order valence-electron chi connectivity index (χ3n) is 2.13. The number of halogens is 3. The lowest BCUT2D eigenvalue weighted by atomic mass is 10.2. The topological polar surface area (TPSA) is 64.3 Å². The third-order valence-corrected chi connectivity index (χ3v) is 2.25. The van der Waals surface area contributed by atoms with Crippen molar-refractivity contribution >= 4 is 28.8 Å². The minimum atomic E-state index is -4.35. The lowest BCUT2D eigenvalue weighted by Gasteiger charge is -2.09. The lowest BCUT2D eigenvalue weighted by Crippen LogP contribution is -2.18. The highest BCUT2D eigenvalue weighted by Crippen LogP contribution is 2.22. The van der Waals surface area contributed by atoms with Crippen LogP contribution in [0.25, 0.3) is 0 Å². The summed E-state index contributed by atoms with van der Waals surface area (Å²) in [6, 6.07) is 6.22. The predicted molar refractivity (Wildman–Crippen MR) is 72.6 cm³/mol. The van der Waals surface area contributed by atoms with Crippen molar-refractivity contribution in [1.82, 2.24) is 0 Å². The molecule has 3 N–H and O–H groups in total. The summed E-state index contributed by atoms with van der Waals surface area (Å²) in [6.45, 7) is 0.0425. The molecule has 0 saturated carbocycles. The molecule has 0 radical (unpaired) electrons. The van der Waals surface area contributed by atoms with Gasteiger partial charge in [0.15, 0.2) is 0 Å². The zero-order valence-electron chi connectivity index (χ0n) is 10.4. The van der Waals surface area contributed by atoms with Crippen molar-refractivity contribution in [1.29, 1.82) is 0 Å². The van der Waals surface area contributed by atoms with Gasteiger partial charge in [-0.25, -0.2) is 0 Å². The van der Waals surface area contributed by atoms with E-state index in [1.807, 2.05) is 0 Å². The molecule has 0 aliphatic carbocycles. The highest BCUT2D eigenvalue weighted by atomic mass is 32.1. The first-order valence-corrected chi connectivity index (χ1v) is 6.05. The number of carbonyl (C=O) groups is 1. The quantitative estimate of drug-likeness (QED) is 0.793. The van der Waals surface area contributed by atoms with Crippen LogP contribution in [0.15, 0.2) is 24.3 Å². The summed E-state index contributed by atoms with van der Waals surface area (Å²) >= 11 is 4.64. The molecule has 1 aromatic rings. The van der Waals surface area contributed by atoms with E-state index >= 15 is 0 Å². The zero-order chi connectivity index (χ0) is 15.2. The molecule has 0 spiro atoms. The van der Waals surface area contributed by atoms with Gasteiger partial charge in [0.2, 0.25) is 5.91 Å². The maximum absolute atomic E-state index is 12.0. The Morgan fingerprint density at radius 3 is 2.70 bits per heavy atom. The van der Waals surface area contributed by atoms with Gasteiger partial charge in [0.05, 0.1) is 6.42 Å². The van der Waals surface area contributed by atoms with Crippen molar-refractivity contribution < 1.29 is 22.7 Å². The Labute approximate surface area is 119 Å². The number of nitrogens with one attached hydrogen (secondary N) is 1. The Morgan fingerprint density at radius 2 is 2.10 bits per heavy atom. The minimum Gasteiger partial charge on any atom is -0.486 e. The number of amides is 1. The van der Waals surface area contributed by atoms with Crippen LogP contribution in [0.5, 0.6) is 5.75 Å². The number of nitrogens with two attached hydrogens (primary N) is 1. The van der Waals surface area contributed by atoms with Gasteiger partial charge in [0.1, 0.15) is 17.3 Å². The Kier molecular flexibility index (Phi) is 5.75. The molecule has 1 amide bonds. The normalized spacial score (nSPS) is 10.9. The van der Waals surface area contributed by atoms with E-state index in [2.05, 4.69) is 17.5 Å². The maximum atomic E-state index is 12.0. The smallest absolute Gasteiger partial charge is 0.389 e. The molecule has 0 atom stereocenters. The van der Waals surface area contributed by atoms with Crippen LogP contribution in [0, 0.1) is 0 Å². The second kappa shape index (κ2) is 7.09. The van der Waals surface area contributed by atoms with Gasteiger partial charge in [-0.2, -0.15) is 13.2 Å². The number of hydrogen-bond acceptors (Lipinski definition) is 3. The van der Waals surface area contributed by atoms with Gasteiger partial charge < -0.3 is 15.8 Å².